The number of rotatable bonds is 33. The zero-order chi connectivity index (χ0) is 33.6. The van der Waals surface area contributed by atoms with Gasteiger partial charge in [0.2, 0.25) is 0 Å². The number of hydrogen-bond acceptors (Lipinski definition) is 3. The molecule has 0 amide bonds. The minimum absolute atomic E-state index is 0.0278. The van der Waals surface area contributed by atoms with E-state index in [1.54, 1.807) is 0 Å². The quantitative estimate of drug-likeness (QED) is 0.0441. The van der Waals surface area contributed by atoms with Crippen molar-refractivity contribution < 1.29 is 19.4 Å². The monoisotopic (exact) mass is 639 g/mol. The van der Waals surface area contributed by atoms with E-state index in [-0.39, 0.29) is 12.1 Å². The van der Waals surface area contributed by atoms with Gasteiger partial charge in [0.25, 0.3) is 0 Å². The number of carbonyl (C=O) groups excluding carboxylic acids is 1. The summed E-state index contributed by atoms with van der Waals surface area (Å²) in [4.78, 5) is 22.6. The highest BCUT2D eigenvalue weighted by Crippen LogP contribution is 2.15. The normalized spacial score (nSPS) is 13.1. The lowest BCUT2D eigenvalue weighted by atomic mass is 10.0. The molecule has 1 N–H and O–H groups in total. The van der Waals surface area contributed by atoms with E-state index >= 15 is 0 Å². The van der Waals surface area contributed by atoms with Crippen LogP contribution in [-0.2, 0) is 14.3 Å². The summed E-state index contributed by atoms with van der Waals surface area (Å²) in [6.07, 6.45) is 53.3. The molecule has 4 nitrogen and oxygen atoms in total. The highest BCUT2D eigenvalue weighted by atomic mass is 16.5. The van der Waals surface area contributed by atoms with E-state index in [1.165, 1.54) is 64.2 Å². The number of esters is 1. The van der Waals surface area contributed by atoms with Crippen LogP contribution in [0.5, 0.6) is 0 Å². The number of hydrogen-bond donors (Lipinski definition) is 1. The molecule has 0 aliphatic heterocycles. The molecule has 1 atom stereocenters. The summed E-state index contributed by atoms with van der Waals surface area (Å²) >= 11 is 0. The molecular weight excluding hydrogens is 568 g/mol. The van der Waals surface area contributed by atoms with Crippen LogP contribution in [0.2, 0.25) is 0 Å². The van der Waals surface area contributed by atoms with Crippen molar-refractivity contribution in [3.8, 4) is 0 Å². The van der Waals surface area contributed by atoms with Gasteiger partial charge in [-0.1, -0.05) is 150 Å². The Balaban J connectivity index is 3.49. The van der Waals surface area contributed by atoms with Gasteiger partial charge in [-0.05, 0) is 84.0 Å². The third-order valence-corrected chi connectivity index (χ3v) is 7.93. The first-order chi connectivity index (χ1) is 22.6. The zero-order valence-corrected chi connectivity index (χ0v) is 29.9. The average molecular weight is 639 g/mol. The minimum Gasteiger partial charge on any atom is -0.481 e. The highest BCUT2D eigenvalue weighted by molar-refractivity contribution is 5.69. The number of carbonyl (C=O) groups is 2. The van der Waals surface area contributed by atoms with Crippen molar-refractivity contribution >= 4 is 11.9 Å². The van der Waals surface area contributed by atoms with Gasteiger partial charge in [-0.25, -0.2) is 0 Å². The van der Waals surface area contributed by atoms with Gasteiger partial charge in [-0.15, -0.1) is 0 Å². The number of unbranched alkanes of at least 4 members (excludes halogenated alkanes) is 14. The van der Waals surface area contributed by atoms with E-state index in [4.69, 9.17) is 9.84 Å². The van der Waals surface area contributed by atoms with E-state index in [0.29, 0.717) is 12.8 Å². The molecule has 0 aliphatic rings. The fourth-order valence-electron chi connectivity index (χ4n) is 5.17. The second kappa shape index (κ2) is 36.8. The molecule has 0 aromatic rings. The molecule has 0 aromatic carbocycles. The van der Waals surface area contributed by atoms with Gasteiger partial charge in [-0.2, -0.15) is 0 Å². The predicted molar refractivity (Wildman–Crippen MR) is 199 cm³/mol. The van der Waals surface area contributed by atoms with Gasteiger partial charge in [-0.3, -0.25) is 9.59 Å². The topological polar surface area (TPSA) is 63.6 Å². The molecule has 0 aliphatic carbocycles. The van der Waals surface area contributed by atoms with Crippen molar-refractivity contribution in [3.05, 3.63) is 72.9 Å². The maximum atomic E-state index is 12.1. The van der Waals surface area contributed by atoms with Crippen molar-refractivity contribution in [2.24, 2.45) is 0 Å². The van der Waals surface area contributed by atoms with Crippen LogP contribution in [0.15, 0.2) is 72.9 Å². The van der Waals surface area contributed by atoms with Crippen LogP contribution in [0, 0.1) is 0 Å². The Bertz CT molecular complexity index is 861. The Kier molecular flexibility index (Phi) is 34.7. The standard InChI is InChI=1S/C42H70O4/c1-3-4-5-6-7-8-9-10-11-12-13-14-15-16-17-21-24-27-30-33-36-39-42(45)46-40(2)37-34-31-28-25-22-19-18-20-23-26-29-32-35-38-41(43)44/h4-5,7-8,10-11,13-14,16-17,24,27,40H,3,6,9,12,15,18-23,25-26,28-39H2,1-2H3,(H,43,44)/b5-4-,8-7-,11-10-,14-13-,17-16-,27-24-. The number of allylic oxidation sites excluding steroid dienone is 12. The van der Waals surface area contributed by atoms with Crippen LogP contribution in [0.3, 0.4) is 0 Å². The molecule has 0 rings (SSSR count). The van der Waals surface area contributed by atoms with Crippen molar-refractivity contribution in [1.29, 1.82) is 0 Å². The second-order valence-corrected chi connectivity index (χ2v) is 12.5. The van der Waals surface area contributed by atoms with Crippen molar-refractivity contribution in [2.75, 3.05) is 0 Å². The summed E-state index contributed by atoms with van der Waals surface area (Å²) in [7, 11) is 0. The fourth-order valence-corrected chi connectivity index (χ4v) is 5.17. The predicted octanol–water partition coefficient (Wildman–Crippen LogP) is 13.1. The lowest BCUT2D eigenvalue weighted by molar-refractivity contribution is -0.148. The molecule has 0 aromatic heterocycles. The highest BCUT2D eigenvalue weighted by Gasteiger charge is 2.09. The molecule has 1 unspecified atom stereocenters. The van der Waals surface area contributed by atoms with Crippen LogP contribution in [0.4, 0.5) is 0 Å². The molecule has 0 fully saturated rings. The summed E-state index contributed by atoms with van der Waals surface area (Å²) in [5.74, 6) is -0.719. The second-order valence-electron chi connectivity index (χ2n) is 12.5. The molecule has 0 bridgehead atoms. The first-order valence-corrected chi connectivity index (χ1v) is 18.9. The van der Waals surface area contributed by atoms with Gasteiger partial charge in [0.05, 0.1) is 6.10 Å². The number of aliphatic carboxylic acids is 1. The summed E-state index contributed by atoms with van der Waals surface area (Å²) in [6.45, 7) is 4.19. The van der Waals surface area contributed by atoms with Crippen molar-refractivity contribution in [2.45, 2.75) is 180 Å². The van der Waals surface area contributed by atoms with E-state index in [2.05, 4.69) is 79.8 Å². The van der Waals surface area contributed by atoms with E-state index in [1.807, 2.05) is 6.92 Å². The molecule has 0 heterocycles. The van der Waals surface area contributed by atoms with Crippen molar-refractivity contribution in [1.82, 2.24) is 0 Å². The number of carboxylic acid groups (broad SMARTS) is 1. The fraction of sp³-hybridized carbons (Fsp3) is 0.667. The Morgan fingerprint density at radius 3 is 1.30 bits per heavy atom. The number of ether oxygens (including phenoxy) is 1. The summed E-state index contributed by atoms with van der Waals surface area (Å²) in [5.41, 5.74) is 0. The molecule has 0 saturated carbocycles. The molecule has 0 saturated heterocycles. The van der Waals surface area contributed by atoms with Gasteiger partial charge in [0.15, 0.2) is 0 Å². The Morgan fingerprint density at radius 2 is 0.870 bits per heavy atom. The smallest absolute Gasteiger partial charge is 0.306 e. The third-order valence-electron chi connectivity index (χ3n) is 7.93. The van der Waals surface area contributed by atoms with E-state index in [9.17, 15) is 9.59 Å². The van der Waals surface area contributed by atoms with Gasteiger partial charge in [0, 0.05) is 12.8 Å². The average Bonchev–Trinajstić information content (AvgIpc) is 3.03. The lowest BCUT2D eigenvalue weighted by Crippen LogP contribution is -2.14. The van der Waals surface area contributed by atoms with Crippen molar-refractivity contribution in [3.63, 3.8) is 0 Å². The summed E-state index contributed by atoms with van der Waals surface area (Å²) in [5, 5.41) is 8.64. The Morgan fingerprint density at radius 1 is 0.500 bits per heavy atom. The lowest BCUT2D eigenvalue weighted by Gasteiger charge is -2.13. The molecule has 0 spiro atoms. The summed E-state index contributed by atoms with van der Waals surface area (Å²) in [6, 6.07) is 0. The minimum atomic E-state index is -0.673. The van der Waals surface area contributed by atoms with Crippen LogP contribution in [-0.4, -0.2) is 23.1 Å². The van der Waals surface area contributed by atoms with Gasteiger partial charge < -0.3 is 9.84 Å². The maximum Gasteiger partial charge on any atom is 0.306 e. The third kappa shape index (κ3) is 37.6. The van der Waals surface area contributed by atoms with Crippen LogP contribution >= 0.6 is 0 Å². The maximum absolute atomic E-state index is 12.1. The molecule has 0 radical (unpaired) electrons. The zero-order valence-electron chi connectivity index (χ0n) is 29.9. The van der Waals surface area contributed by atoms with Gasteiger partial charge >= 0.3 is 11.9 Å². The Hall–Kier alpha value is -2.62. The Labute approximate surface area is 284 Å². The molecule has 262 valence electrons. The van der Waals surface area contributed by atoms with Crippen LogP contribution in [0.1, 0.15) is 174 Å². The largest absolute Gasteiger partial charge is 0.481 e. The van der Waals surface area contributed by atoms with E-state index in [0.717, 1.165) is 83.5 Å². The van der Waals surface area contributed by atoms with Crippen LogP contribution < -0.4 is 0 Å². The molecular formula is C42H70O4. The first kappa shape index (κ1) is 43.4. The summed E-state index contributed by atoms with van der Waals surface area (Å²) < 4.78 is 5.61. The van der Waals surface area contributed by atoms with Gasteiger partial charge in [0.1, 0.15) is 0 Å². The molecule has 46 heavy (non-hydrogen) atoms. The SMILES string of the molecule is CC/C=C\C/C=C\C/C=C\C/C=C\C/C=C\C/C=C\CCCCC(=O)OC(C)CCCCCCCCCCCCCCCC(=O)O. The van der Waals surface area contributed by atoms with Crippen LogP contribution in [0.25, 0.3) is 0 Å². The first-order valence-electron chi connectivity index (χ1n) is 18.9. The number of carboxylic acids is 1. The van der Waals surface area contributed by atoms with E-state index < -0.39 is 5.97 Å². The molecule has 4 heteroatoms.